The molecule has 6 nitrogen and oxygen atoms in total. The summed E-state index contributed by atoms with van der Waals surface area (Å²) in [6.45, 7) is 5.37. The SMILES string of the molecule is Cc1cccc(CNC(=O)CN2CCN(C(=O)CC#N)CC2)c1. The minimum absolute atomic E-state index is 0.0108. The van der Waals surface area contributed by atoms with Crippen LogP contribution in [0.3, 0.4) is 0 Å². The van der Waals surface area contributed by atoms with Crippen LogP contribution >= 0.6 is 0 Å². The first kappa shape index (κ1) is 17.0. The van der Waals surface area contributed by atoms with Crippen molar-refractivity contribution in [2.45, 2.75) is 19.9 Å². The number of amides is 2. The Balaban J connectivity index is 1.71. The first-order valence-electron chi connectivity index (χ1n) is 7.78. The number of nitrogens with zero attached hydrogens (tertiary/aromatic N) is 3. The van der Waals surface area contributed by atoms with Gasteiger partial charge in [-0.05, 0) is 12.5 Å². The maximum atomic E-state index is 12.0. The van der Waals surface area contributed by atoms with Crippen LogP contribution in [0.15, 0.2) is 24.3 Å². The van der Waals surface area contributed by atoms with Crippen LogP contribution in [0.4, 0.5) is 0 Å². The lowest BCUT2D eigenvalue weighted by Crippen LogP contribution is -2.51. The molecule has 6 heteroatoms. The van der Waals surface area contributed by atoms with E-state index in [-0.39, 0.29) is 18.2 Å². The lowest BCUT2D eigenvalue weighted by Gasteiger charge is -2.33. The van der Waals surface area contributed by atoms with E-state index in [0.29, 0.717) is 39.3 Å². The van der Waals surface area contributed by atoms with Crippen LogP contribution in [0.2, 0.25) is 0 Å². The van der Waals surface area contributed by atoms with Crippen LogP contribution in [0.25, 0.3) is 0 Å². The molecule has 1 aromatic carbocycles. The van der Waals surface area contributed by atoms with Gasteiger partial charge in [0.25, 0.3) is 0 Å². The Hall–Kier alpha value is -2.39. The second-order valence-corrected chi connectivity index (χ2v) is 5.76. The van der Waals surface area contributed by atoms with E-state index in [1.165, 1.54) is 5.56 Å². The molecule has 1 aliphatic rings. The molecule has 1 fully saturated rings. The third kappa shape index (κ3) is 5.38. The third-order valence-electron chi connectivity index (χ3n) is 3.89. The van der Waals surface area contributed by atoms with Crippen LogP contribution in [-0.2, 0) is 16.1 Å². The maximum absolute atomic E-state index is 12.0. The van der Waals surface area contributed by atoms with Gasteiger partial charge in [-0.15, -0.1) is 0 Å². The Morgan fingerprint density at radius 2 is 2.00 bits per heavy atom. The molecule has 0 atom stereocenters. The predicted octanol–water partition coefficient (Wildman–Crippen LogP) is 0.669. The van der Waals surface area contributed by atoms with Gasteiger partial charge < -0.3 is 10.2 Å². The van der Waals surface area contributed by atoms with Crippen molar-refractivity contribution < 1.29 is 9.59 Å². The van der Waals surface area contributed by atoms with Crippen molar-refractivity contribution in [1.29, 1.82) is 5.26 Å². The first-order valence-corrected chi connectivity index (χ1v) is 7.78. The van der Waals surface area contributed by atoms with Gasteiger partial charge >= 0.3 is 0 Å². The number of benzene rings is 1. The van der Waals surface area contributed by atoms with Crippen molar-refractivity contribution in [3.8, 4) is 6.07 Å². The van der Waals surface area contributed by atoms with Crippen molar-refractivity contribution in [3.05, 3.63) is 35.4 Å². The molecule has 0 aromatic heterocycles. The molecule has 0 unspecified atom stereocenters. The zero-order valence-electron chi connectivity index (χ0n) is 13.4. The van der Waals surface area contributed by atoms with Gasteiger partial charge in [-0.25, -0.2) is 0 Å². The van der Waals surface area contributed by atoms with E-state index in [4.69, 9.17) is 5.26 Å². The van der Waals surface area contributed by atoms with Crippen LogP contribution < -0.4 is 5.32 Å². The number of aryl methyl sites for hydroxylation is 1. The minimum atomic E-state index is -0.129. The van der Waals surface area contributed by atoms with Crippen molar-refractivity contribution in [2.24, 2.45) is 0 Å². The van der Waals surface area contributed by atoms with Crippen LogP contribution in [0, 0.1) is 18.3 Å². The molecule has 0 saturated carbocycles. The lowest BCUT2D eigenvalue weighted by atomic mass is 10.1. The third-order valence-corrected chi connectivity index (χ3v) is 3.89. The molecule has 0 aliphatic carbocycles. The van der Waals surface area contributed by atoms with Crippen molar-refractivity contribution in [2.75, 3.05) is 32.7 Å². The molecule has 1 heterocycles. The molecular weight excluding hydrogens is 292 g/mol. The van der Waals surface area contributed by atoms with E-state index < -0.39 is 0 Å². The van der Waals surface area contributed by atoms with Gasteiger partial charge in [-0.3, -0.25) is 14.5 Å². The number of piperazine rings is 1. The standard InChI is InChI=1S/C17H22N4O2/c1-14-3-2-4-15(11-14)12-19-16(22)13-20-7-9-21(10-8-20)17(23)5-6-18/h2-4,11H,5,7-10,12-13H2,1H3,(H,19,22). The van der Waals surface area contributed by atoms with Gasteiger partial charge in [0.2, 0.25) is 11.8 Å². The first-order chi connectivity index (χ1) is 11.1. The zero-order chi connectivity index (χ0) is 16.7. The van der Waals surface area contributed by atoms with E-state index in [1.54, 1.807) is 4.90 Å². The van der Waals surface area contributed by atoms with Gasteiger partial charge in [-0.1, -0.05) is 29.8 Å². The van der Waals surface area contributed by atoms with Crippen LogP contribution in [0.1, 0.15) is 17.5 Å². The Labute approximate surface area is 136 Å². The monoisotopic (exact) mass is 314 g/mol. The molecule has 2 rings (SSSR count). The molecule has 122 valence electrons. The number of hydrogen-bond acceptors (Lipinski definition) is 4. The van der Waals surface area contributed by atoms with Gasteiger partial charge in [0.15, 0.2) is 0 Å². The highest BCUT2D eigenvalue weighted by Crippen LogP contribution is 2.05. The van der Waals surface area contributed by atoms with Crippen molar-refractivity contribution in [1.82, 2.24) is 15.1 Å². The summed E-state index contributed by atoms with van der Waals surface area (Å²) < 4.78 is 0. The summed E-state index contributed by atoms with van der Waals surface area (Å²) in [5, 5.41) is 11.5. The van der Waals surface area contributed by atoms with E-state index in [2.05, 4.69) is 11.4 Å². The van der Waals surface area contributed by atoms with E-state index in [9.17, 15) is 9.59 Å². The summed E-state index contributed by atoms with van der Waals surface area (Å²) in [6, 6.07) is 9.93. The number of hydrogen-bond donors (Lipinski definition) is 1. The average Bonchev–Trinajstić information content (AvgIpc) is 2.54. The number of carbonyl (C=O) groups is 2. The summed E-state index contributed by atoms with van der Waals surface area (Å²) in [5.74, 6) is -0.139. The molecular formula is C17H22N4O2. The van der Waals surface area contributed by atoms with Crippen LogP contribution in [-0.4, -0.2) is 54.3 Å². The summed E-state index contributed by atoms with van der Waals surface area (Å²) in [6.07, 6.45) is -0.0724. The smallest absolute Gasteiger partial charge is 0.236 e. The predicted molar refractivity (Wildman–Crippen MR) is 86.3 cm³/mol. The van der Waals surface area contributed by atoms with Crippen LogP contribution in [0.5, 0.6) is 0 Å². The second kappa shape index (κ2) is 8.30. The maximum Gasteiger partial charge on any atom is 0.236 e. The quantitative estimate of drug-likeness (QED) is 0.866. The molecule has 1 aromatic rings. The molecule has 1 saturated heterocycles. The Morgan fingerprint density at radius 1 is 1.26 bits per heavy atom. The van der Waals surface area contributed by atoms with Gasteiger partial charge in [0, 0.05) is 32.7 Å². The summed E-state index contributed by atoms with van der Waals surface area (Å²) in [7, 11) is 0. The number of carbonyl (C=O) groups excluding carboxylic acids is 2. The van der Waals surface area contributed by atoms with E-state index in [0.717, 1.165) is 5.56 Å². The second-order valence-electron chi connectivity index (χ2n) is 5.76. The number of rotatable bonds is 5. The Morgan fingerprint density at radius 3 is 2.65 bits per heavy atom. The van der Waals surface area contributed by atoms with E-state index in [1.807, 2.05) is 36.1 Å². The van der Waals surface area contributed by atoms with E-state index >= 15 is 0 Å². The molecule has 0 radical (unpaired) electrons. The highest BCUT2D eigenvalue weighted by Gasteiger charge is 2.21. The minimum Gasteiger partial charge on any atom is -0.351 e. The fraction of sp³-hybridized carbons (Fsp3) is 0.471. The molecule has 0 spiro atoms. The largest absolute Gasteiger partial charge is 0.351 e. The average molecular weight is 314 g/mol. The van der Waals surface area contributed by atoms with Crippen molar-refractivity contribution >= 4 is 11.8 Å². The summed E-state index contributed by atoms with van der Waals surface area (Å²) >= 11 is 0. The van der Waals surface area contributed by atoms with Crippen molar-refractivity contribution in [3.63, 3.8) is 0 Å². The summed E-state index contributed by atoms with van der Waals surface area (Å²) in [5.41, 5.74) is 2.26. The number of nitrogens with one attached hydrogen (secondary N) is 1. The summed E-state index contributed by atoms with van der Waals surface area (Å²) in [4.78, 5) is 27.3. The fourth-order valence-corrected chi connectivity index (χ4v) is 2.62. The lowest BCUT2D eigenvalue weighted by molar-refractivity contribution is -0.132. The highest BCUT2D eigenvalue weighted by molar-refractivity contribution is 5.79. The molecule has 0 bridgehead atoms. The molecule has 1 aliphatic heterocycles. The topological polar surface area (TPSA) is 76.4 Å². The molecule has 2 amide bonds. The zero-order valence-corrected chi connectivity index (χ0v) is 13.4. The Bertz CT molecular complexity index is 601. The fourth-order valence-electron chi connectivity index (χ4n) is 2.62. The Kier molecular flexibility index (Phi) is 6.12. The van der Waals surface area contributed by atoms with Gasteiger partial charge in [-0.2, -0.15) is 5.26 Å². The molecule has 1 N–H and O–H groups in total. The number of nitriles is 1. The molecule has 23 heavy (non-hydrogen) atoms. The highest BCUT2D eigenvalue weighted by atomic mass is 16.2. The normalized spacial score (nSPS) is 15.0. The van der Waals surface area contributed by atoms with Gasteiger partial charge in [0.05, 0.1) is 12.6 Å². The van der Waals surface area contributed by atoms with Gasteiger partial charge in [0.1, 0.15) is 6.42 Å².